The number of benzene rings is 1. The third-order valence-electron chi connectivity index (χ3n) is 9.68. The summed E-state index contributed by atoms with van der Waals surface area (Å²) < 4.78 is 12.4. The molecule has 9 nitrogen and oxygen atoms in total. The summed E-state index contributed by atoms with van der Waals surface area (Å²) in [5, 5.41) is 9.38. The molecule has 1 aromatic carbocycles. The van der Waals surface area contributed by atoms with Gasteiger partial charge in [0.25, 0.3) is 0 Å². The highest BCUT2D eigenvalue weighted by molar-refractivity contribution is 6.03. The highest BCUT2D eigenvalue weighted by Gasteiger charge is 2.75. The number of carbonyl (C=O) groups excluding carboxylic acids is 3. The normalized spacial score (nSPS) is 25.4. The fourth-order valence-corrected chi connectivity index (χ4v) is 8.35. The van der Waals surface area contributed by atoms with Gasteiger partial charge in [-0.25, -0.2) is 0 Å². The quantitative estimate of drug-likeness (QED) is 0.193. The third-order valence-corrected chi connectivity index (χ3v) is 9.68. The van der Waals surface area contributed by atoms with Gasteiger partial charge >= 0.3 is 0 Å². The molecular weight excluding hydrogens is 582 g/mol. The molecule has 2 bridgehead atoms. The third kappa shape index (κ3) is 6.91. The summed E-state index contributed by atoms with van der Waals surface area (Å²) in [4.78, 5) is 49.2. The fourth-order valence-electron chi connectivity index (χ4n) is 8.35. The van der Waals surface area contributed by atoms with Crippen molar-refractivity contribution in [2.75, 3.05) is 37.7 Å². The maximum Gasteiger partial charge on any atom is 0.249 e. The first kappa shape index (κ1) is 35.7. The molecule has 2 unspecified atom stereocenters. The Morgan fingerprint density at radius 2 is 1.74 bits per heavy atom. The van der Waals surface area contributed by atoms with Gasteiger partial charge in [0.2, 0.25) is 17.7 Å². The molecule has 0 radical (unpaired) electrons. The Morgan fingerprint density at radius 3 is 2.33 bits per heavy atom. The second-order valence-electron chi connectivity index (χ2n) is 14.8. The average molecular weight is 638 g/mol. The summed E-state index contributed by atoms with van der Waals surface area (Å²) >= 11 is 0. The van der Waals surface area contributed by atoms with Gasteiger partial charge in [0.15, 0.2) is 0 Å². The molecule has 3 aliphatic heterocycles. The summed E-state index contributed by atoms with van der Waals surface area (Å²) in [6.45, 7) is 21.9. The van der Waals surface area contributed by atoms with E-state index in [1.54, 1.807) is 22.0 Å². The Labute approximate surface area is 275 Å². The van der Waals surface area contributed by atoms with Gasteiger partial charge in [-0.1, -0.05) is 32.9 Å². The van der Waals surface area contributed by atoms with Gasteiger partial charge in [0.1, 0.15) is 17.4 Å². The van der Waals surface area contributed by atoms with Gasteiger partial charge in [-0.05, 0) is 89.0 Å². The van der Waals surface area contributed by atoms with E-state index in [9.17, 15) is 19.5 Å². The number of nitrogens with zero attached hydrogens (tertiary/aromatic N) is 3. The van der Waals surface area contributed by atoms with Crippen LogP contribution in [0.1, 0.15) is 80.1 Å². The average Bonchev–Trinajstić information content (AvgIpc) is 3.63. The minimum absolute atomic E-state index is 0.0468. The van der Waals surface area contributed by atoms with E-state index in [4.69, 9.17) is 9.47 Å². The summed E-state index contributed by atoms with van der Waals surface area (Å²) in [6, 6.07) is 6.50. The minimum Gasteiger partial charge on any atom is -0.494 e. The number of aliphatic hydroxyl groups is 1. The summed E-state index contributed by atoms with van der Waals surface area (Å²) in [7, 11) is 0. The van der Waals surface area contributed by atoms with Crippen LogP contribution in [0.25, 0.3) is 0 Å². The van der Waals surface area contributed by atoms with Crippen molar-refractivity contribution in [2.24, 2.45) is 17.3 Å². The number of unbranched alkanes of at least 4 members (excludes halogenated alkanes) is 2. The summed E-state index contributed by atoms with van der Waals surface area (Å²) in [6.07, 6.45) is 6.82. The maximum atomic E-state index is 14.9. The molecule has 4 rings (SSSR count). The van der Waals surface area contributed by atoms with Crippen LogP contribution in [-0.2, 0) is 19.1 Å². The molecule has 3 aliphatic rings. The van der Waals surface area contributed by atoms with E-state index >= 15 is 0 Å². The maximum absolute atomic E-state index is 14.9. The lowest BCUT2D eigenvalue weighted by Gasteiger charge is -2.45. The van der Waals surface area contributed by atoms with E-state index in [1.165, 1.54) is 0 Å². The molecule has 3 saturated heterocycles. The van der Waals surface area contributed by atoms with E-state index in [-0.39, 0.29) is 36.3 Å². The number of hydrogen-bond acceptors (Lipinski definition) is 6. The number of rotatable bonds is 16. The van der Waals surface area contributed by atoms with Crippen LogP contribution in [0.5, 0.6) is 5.75 Å². The zero-order chi connectivity index (χ0) is 33.9. The van der Waals surface area contributed by atoms with Crippen LogP contribution in [0.2, 0.25) is 0 Å². The molecule has 0 saturated carbocycles. The van der Waals surface area contributed by atoms with Crippen molar-refractivity contribution in [2.45, 2.75) is 103 Å². The second kappa shape index (κ2) is 14.3. The Hall–Kier alpha value is -3.17. The molecule has 5 atom stereocenters. The SMILES string of the molecule is C=CCN(C(=O)[C@@H]1[C@H]2C(=O)N(CCCCCO)C(C(=O)N(CC=C)C(C)(C)CC(C)(C)C)C23CC[C@H]1O3)c1ccc(OCC)cc1. The van der Waals surface area contributed by atoms with Crippen molar-refractivity contribution in [1.29, 1.82) is 0 Å². The van der Waals surface area contributed by atoms with Crippen LogP contribution in [-0.4, -0.2) is 88.8 Å². The molecule has 1 spiro atoms. The Morgan fingerprint density at radius 1 is 1.07 bits per heavy atom. The molecule has 0 aromatic heterocycles. The molecule has 254 valence electrons. The standard InChI is InChI=1S/C37H55N3O6/c1-9-21-38(26-15-17-27(18-16-26)45-11-3)32(42)29-28-19-20-37(46-28)30(29)33(43)39(23-13-12-14-24-41)31(37)34(44)40(22-10-2)36(7,8)25-35(4,5)6/h9-10,15-18,28-31,41H,1-2,11-14,19-25H2,3-8H3/t28-,29+,30+,31?,37?/m1/s1. The Kier molecular flexibility index (Phi) is 11.1. The van der Waals surface area contributed by atoms with Gasteiger partial charge in [0, 0.05) is 37.5 Å². The predicted octanol–water partition coefficient (Wildman–Crippen LogP) is 5.37. The van der Waals surface area contributed by atoms with Gasteiger partial charge in [0.05, 0.1) is 24.5 Å². The largest absolute Gasteiger partial charge is 0.494 e. The Bertz CT molecular complexity index is 1270. The van der Waals surface area contributed by atoms with Gasteiger partial charge in [-0.3, -0.25) is 14.4 Å². The first-order chi connectivity index (χ1) is 21.8. The van der Waals surface area contributed by atoms with E-state index in [2.05, 4.69) is 47.8 Å². The highest BCUT2D eigenvalue weighted by Crippen LogP contribution is 2.59. The first-order valence-corrected chi connectivity index (χ1v) is 16.9. The van der Waals surface area contributed by atoms with Crippen molar-refractivity contribution in [3.8, 4) is 5.75 Å². The monoisotopic (exact) mass is 637 g/mol. The number of aliphatic hydroxyl groups excluding tert-OH is 1. The number of amides is 3. The zero-order valence-electron chi connectivity index (χ0n) is 28.8. The lowest BCUT2D eigenvalue weighted by Crippen LogP contribution is -2.61. The lowest BCUT2D eigenvalue weighted by molar-refractivity contribution is -0.152. The molecule has 3 amide bonds. The van der Waals surface area contributed by atoms with Gasteiger partial charge < -0.3 is 29.3 Å². The number of anilines is 1. The number of fused-ring (bicyclic) bond motifs is 1. The molecule has 1 aromatic rings. The minimum atomic E-state index is -1.09. The molecule has 3 fully saturated rings. The van der Waals surface area contributed by atoms with Crippen molar-refractivity contribution in [3.63, 3.8) is 0 Å². The van der Waals surface area contributed by atoms with Crippen LogP contribution >= 0.6 is 0 Å². The number of ether oxygens (including phenoxy) is 2. The van der Waals surface area contributed by atoms with Crippen molar-refractivity contribution in [1.82, 2.24) is 9.80 Å². The molecule has 1 N–H and O–H groups in total. The van der Waals surface area contributed by atoms with Gasteiger partial charge in [-0.2, -0.15) is 0 Å². The summed E-state index contributed by atoms with van der Waals surface area (Å²) in [5.41, 5.74) is -0.976. The number of carbonyl (C=O) groups is 3. The first-order valence-electron chi connectivity index (χ1n) is 16.9. The van der Waals surface area contributed by atoms with Gasteiger partial charge in [-0.15, -0.1) is 13.2 Å². The van der Waals surface area contributed by atoms with Crippen LogP contribution in [0.4, 0.5) is 5.69 Å². The number of hydrogen-bond donors (Lipinski definition) is 1. The van der Waals surface area contributed by atoms with E-state index < -0.39 is 35.1 Å². The molecule has 9 heteroatoms. The van der Waals surface area contributed by atoms with Crippen LogP contribution < -0.4 is 9.64 Å². The van der Waals surface area contributed by atoms with E-state index in [0.717, 1.165) is 12.8 Å². The van der Waals surface area contributed by atoms with E-state index in [1.807, 2.05) is 36.1 Å². The topological polar surface area (TPSA) is 99.6 Å². The number of likely N-dealkylation sites (tertiary alicyclic amines) is 1. The molecule has 0 aliphatic carbocycles. The van der Waals surface area contributed by atoms with Crippen molar-refractivity contribution in [3.05, 3.63) is 49.6 Å². The lowest BCUT2D eigenvalue weighted by atomic mass is 9.70. The van der Waals surface area contributed by atoms with Crippen LogP contribution in [0.3, 0.4) is 0 Å². The molecule has 3 heterocycles. The van der Waals surface area contributed by atoms with Crippen LogP contribution in [0, 0.1) is 17.3 Å². The Balaban J connectivity index is 1.74. The predicted molar refractivity (Wildman–Crippen MR) is 180 cm³/mol. The van der Waals surface area contributed by atoms with E-state index in [0.29, 0.717) is 56.8 Å². The summed E-state index contributed by atoms with van der Waals surface area (Å²) in [5.74, 6) is -1.33. The highest BCUT2D eigenvalue weighted by atomic mass is 16.5. The molecular formula is C37H55N3O6. The zero-order valence-corrected chi connectivity index (χ0v) is 28.8. The smallest absolute Gasteiger partial charge is 0.249 e. The second-order valence-corrected chi connectivity index (χ2v) is 14.8. The van der Waals surface area contributed by atoms with Crippen LogP contribution in [0.15, 0.2) is 49.6 Å². The van der Waals surface area contributed by atoms with Crippen molar-refractivity contribution >= 4 is 23.4 Å². The van der Waals surface area contributed by atoms with Crippen molar-refractivity contribution < 1.29 is 29.0 Å². The molecule has 46 heavy (non-hydrogen) atoms. The fraction of sp³-hybridized carbons (Fsp3) is 0.649.